The molecule has 4 rings (SSSR count). The average Bonchev–Trinajstić information content (AvgIpc) is 2.88. The molecule has 0 fully saturated rings. The van der Waals surface area contributed by atoms with Gasteiger partial charge in [-0.15, -0.1) is 0 Å². The molecular formula is C30H16F2N4. The van der Waals surface area contributed by atoms with Gasteiger partial charge in [-0.2, -0.15) is 15.8 Å². The van der Waals surface area contributed by atoms with Gasteiger partial charge in [0, 0.05) is 0 Å². The number of nitrogens with zero attached hydrogens (tertiary/aromatic N) is 4. The number of aryl methyl sites for hydroxylation is 2. The van der Waals surface area contributed by atoms with E-state index in [1.807, 2.05) is 44.2 Å². The third kappa shape index (κ3) is 4.17. The van der Waals surface area contributed by atoms with Gasteiger partial charge >= 0.3 is 0 Å². The van der Waals surface area contributed by atoms with Crippen molar-refractivity contribution in [2.24, 2.45) is 0 Å². The number of hydrogen-bond acceptors (Lipinski definition) is 3. The minimum atomic E-state index is -0.881. The van der Waals surface area contributed by atoms with Gasteiger partial charge in [-0.25, -0.2) is 13.6 Å². The second-order valence-corrected chi connectivity index (χ2v) is 8.26. The molecule has 170 valence electrons. The SMILES string of the molecule is [C-]#[N+]c1cc(-c2cc(-c3cc(C#N)c(F)c(C#N)c3)cc(-c3c(C)cccc3C)c2)cc(C#N)c1F. The second-order valence-electron chi connectivity index (χ2n) is 8.26. The summed E-state index contributed by atoms with van der Waals surface area (Å²) < 4.78 is 28.9. The molecule has 0 aromatic heterocycles. The zero-order chi connectivity index (χ0) is 26.0. The molecule has 4 nitrogen and oxygen atoms in total. The van der Waals surface area contributed by atoms with Gasteiger partial charge in [-0.3, -0.25) is 0 Å². The van der Waals surface area contributed by atoms with E-state index in [2.05, 4.69) is 4.85 Å². The molecule has 0 atom stereocenters. The van der Waals surface area contributed by atoms with Crippen LogP contribution in [0.2, 0.25) is 0 Å². The summed E-state index contributed by atoms with van der Waals surface area (Å²) in [4.78, 5) is 3.22. The van der Waals surface area contributed by atoms with Crippen molar-refractivity contribution in [2.75, 3.05) is 0 Å². The summed E-state index contributed by atoms with van der Waals surface area (Å²) in [6.45, 7) is 11.3. The number of rotatable bonds is 3. The van der Waals surface area contributed by atoms with Crippen molar-refractivity contribution < 1.29 is 8.78 Å². The molecular weight excluding hydrogens is 454 g/mol. The highest BCUT2D eigenvalue weighted by Gasteiger charge is 2.17. The fraction of sp³-hybridized carbons (Fsp3) is 0.0667. The number of nitriles is 3. The van der Waals surface area contributed by atoms with Gasteiger partial charge in [0.15, 0.2) is 5.82 Å². The maximum Gasteiger partial charge on any atom is 0.224 e. The highest BCUT2D eigenvalue weighted by Crippen LogP contribution is 2.38. The Labute approximate surface area is 207 Å². The summed E-state index contributed by atoms with van der Waals surface area (Å²) in [5.74, 6) is -1.76. The van der Waals surface area contributed by atoms with Crippen molar-refractivity contribution in [1.29, 1.82) is 15.8 Å². The third-order valence-electron chi connectivity index (χ3n) is 5.98. The molecule has 0 saturated heterocycles. The molecule has 0 aliphatic carbocycles. The summed E-state index contributed by atoms with van der Waals surface area (Å²) in [5, 5.41) is 28.2. The molecule has 0 N–H and O–H groups in total. The summed E-state index contributed by atoms with van der Waals surface area (Å²) in [5.41, 5.74) is 4.81. The minimum absolute atomic E-state index is 0.252. The van der Waals surface area contributed by atoms with Gasteiger partial charge in [0.05, 0.1) is 23.3 Å². The van der Waals surface area contributed by atoms with Crippen molar-refractivity contribution in [3.8, 4) is 51.6 Å². The number of hydrogen-bond donors (Lipinski definition) is 0. The molecule has 0 radical (unpaired) electrons. The van der Waals surface area contributed by atoms with Gasteiger partial charge in [0.1, 0.15) is 24.0 Å². The molecule has 6 heteroatoms. The van der Waals surface area contributed by atoms with E-state index in [4.69, 9.17) is 6.57 Å². The Kier molecular flexibility index (Phi) is 6.30. The Morgan fingerprint density at radius 3 is 1.53 bits per heavy atom. The van der Waals surface area contributed by atoms with Crippen LogP contribution in [0.5, 0.6) is 0 Å². The van der Waals surface area contributed by atoms with E-state index in [1.54, 1.807) is 24.3 Å². The first-order valence-corrected chi connectivity index (χ1v) is 10.8. The van der Waals surface area contributed by atoms with Crippen molar-refractivity contribution in [3.05, 3.63) is 112 Å². The molecule has 0 aliphatic rings. The van der Waals surface area contributed by atoms with E-state index < -0.39 is 11.6 Å². The van der Waals surface area contributed by atoms with E-state index in [-0.39, 0.29) is 22.4 Å². The molecule has 36 heavy (non-hydrogen) atoms. The number of benzene rings is 4. The van der Waals surface area contributed by atoms with Crippen LogP contribution in [0.4, 0.5) is 14.5 Å². The molecule has 0 saturated carbocycles. The monoisotopic (exact) mass is 470 g/mol. The molecule has 0 heterocycles. The normalized spacial score (nSPS) is 10.1. The van der Waals surface area contributed by atoms with Crippen LogP contribution in [0.1, 0.15) is 27.8 Å². The molecule has 0 aliphatic heterocycles. The zero-order valence-electron chi connectivity index (χ0n) is 19.3. The topological polar surface area (TPSA) is 75.7 Å². The fourth-order valence-corrected chi connectivity index (χ4v) is 4.27. The summed E-state index contributed by atoms with van der Waals surface area (Å²) in [6, 6.07) is 22.3. The third-order valence-corrected chi connectivity index (χ3v) is 5.98. The van der Waals surface area contributed by atoms with E-state index >= 15 is 0 Å². The fourth-order valence-electron chi connectivity index (χ4n) is 4.27. The van der Waals surface area contributed by atoms with Gasteiger partial charge < -0.3 is 0 Å². The largest absolute Gasteiger partial charge is 0.235 e. The van der Waals surface area contributed by atoms with E-state index in [9.17, 15) is 24.6 Å². The van der Waals surface area contributed by atoms with Crippen LogP contribution in [0.25, 0.3) is 38.2 Å². The second kappa shape index (κ2) is 9.52. The smallest absolute Gasteiger partial charge is 0.224 e. The van der Waals surface area contributed by atoms with E-state index in [1.165, 1.54) is 24.3 Å². The van der Waals surface area contributed by atoms with Crippen LogP contribution in [0.15, 0.2) is 60.7 Å². The Bertz CT molecular complexity index is 1530. The van der Waals surface area contributed by atoms with Crippen LogP contribution in [0.3, 0.4) is 0 Å². The first kappa shape index (κ1) is 23.8. The van der Waals surface area contributed by atoms with Crippen molar-refractivity contribution in [3.63, 3.8) is 0 Å². The molecule has 0 spiro atoms. The predicted molar refractivity (Wildman–Crippen MR) is 133 cm³/mol. The quantitative estimate of drug-likeness (QED) is 0.287. The Balaban J connectivity index is 2.08. The molecule has 0 bridgehead atoms. The van der Waals surface area contributed by atoms with Crippen molar-refractivity contribution in [2.45, 2.75) is 13.8 Å². The van der Waals surface area contributed by atoms with Crippen LogP contribution in [0, 0.1) is 66.0 Å². The minimum Gasteiger partial charge on any atom is -0.235 e. The van der Waals surface area contributed by atoms with Gasteiger partial charge in [-0.1, -0.05) is 18.2 Å². The van der Waals surface area contributed by atoms with Crippen molar-refractivity contribution in [1.82, 2.24) is 0 Å². The highest BCUT2D eigenvalue weighted by atomic mass is 19.1. The first-order chi connectivity index (χ1) is 17.3. The van der Waals surface area contributed by atoms with Crippen LogP contribution >= 0.6 is 0 Å². The number of halogens is 2. The standard InChI is InChI=1S/C30H16F2N4/c1-17-5-4-6-18(2)28(17)23-8-19(21-10-24(14-33)29(31)25(11-21)15-34)7-20(9-23)22-12-26(16-35)30(32)27(13-22)36-3/h4-13H,1-2H3. The summed E-state index contributed by atoms with van der Waals surface area (Å²) in [6.07, 6.45) is 0. The Morgan fingerprint density at radius 2 is 1.06 bits per heavy atom. The predicted octanol–water partition coefficient (Wildman–Crippen LogP) is 7.75. The molecule has 4 aromatic carbocycles. The van der Waals surface area contributed by atoms with E-state index in [0.29, 0.717) is 22.3 Å². The molecule has 0 amide bonds. The average molecular weight is 470 g/mol. The Hall–Kier alpha value is -5.30. The zero-order valence-corrected chi connectivity index (χ0v) is 19.3. The van der Waals surface area contributed by atoms with Gasteiger partial charge in [0.25, 0.3) is 0 Å². The molecule has 4 aromatic rings. The maximum atomic E-state index is 14.4. The maximum absolute atomic E-state index is 14.4. The van der Waals surface area contributed by atoms with Gasteiger partial charge in [-0.05, 0) is 101 Å². The summed E-state index contributed by atoms with van der Waals surface area (Å²) in [7, 11) is 0. The van der Waals surface area contributed by atoms with Gasteiger partial charge in [0.2, 0.25) is 5.69 Å². The highest BCUT2D eigenvalue weighted by molar-refractivity contribution is 5.85. The Morgan fingerprint density at radius 1 is 0.639 bits per heavy atom. The summed E-state index contributed by atoms with van der Waals surface area (Å²) >= 11 is 0. The lowest BCUT2D eigenvalue weighted by Gasteiger charge is -2.16. The van der Waals surface area contributed by atoms with Crippen LogP contribution in [-0.4, -0.2) is 0 Å². The first-order valence-electron chi connectivity index (χ1n) is 10.8. The lowest BCUT2D eigenvalue weighted by Crippen LogP contribution is -1.94. The lowest BCUT2D eigenvalue weighted by atomic mass is 9.88. The lowest BCUT2D eigenvalue weighted by molar-refractivity contribution is 0.620. The van der Waals surface area contributed by atoms with Crippen LogP contribution < -0.4 is 0 Å². The van der Waals surface area contributed by atoms with E-state index in [0.717, 1.165) is 22.3 Å². The molecule has 0 unspecified atom stereocenters. The van der Waals surface area contributed by atoms with Crippen LogP contribution in [-0.2, 0) is 0 Å². The van der Waals surface area contributed by atoms with Crippen molar-refractivity contribution >= 4 is 5.69 Å².